The first-order chi connectivity index (χ1) is 8.67. The third kappa shape index (κ3) is 5.47. The Labute approximate surface area is 119 Å². The first-order valence-corrected chi connectivity index (χ1v) is 7.16. The minimum atomic E-state index is -0.236. The molecule has 0 aromatic heterocycles. The molecule has 2 nitrogen and oxygen atoms in total. The lowest BCUT2D eigenvalue weighted by Crippen LogP contribution is -2.21. The molecule has 1 aromatic carbocycles. The fourth-order valence-electron chi connectivity index (χ4n) is 1.48. The Morgan fingerprint density at radius 2 is 1.94 bits per heavy atom. The molecule has 1 rings (SSSR count). The van der Waals surface area contributed by atoms with E-state index in [1.807, 2.05) is 0 Å². The SMILES string of the molecule is CCCCOC(CCC)Oc1ccc(Cl)cc1Cl. The van der Waals surface area contributed by atoms with Crippen molar-refractivity contribution in [1.82, 2.24) is 0 Å². The van der Waals surface area contributed by atoms with Gasteiger partial charge in [0.05, 0.1) is 11.6 Å². The number of hydrogen-bond acceptors (Lipinski definition) is 2. The smallest absolute Gasteiger partial charge is 0.199 e. The van der Waals surface area contributed by atoms with Gasteiger partial charge in [0.1, 0.15) is 5.75 Å². The van der Waals surface area contributed by atoms with E-state index >= 15 is 0 Å². The maximum absolute atomic E-state index is 6.07. The molecule has 0 saturated heterocycles. The van der Waals surface area contributed by atoms with E-state index in [1.165, 1.54) is 0 Å². The van der Waals surface area contributed by atoms with Gasteiger partial charge in [-0.3, -0.25) is 0 Å². The van der Waals surface area contributed by atoms with Gasteiger partial charge in [-0.1, -0.05) is 49.9 Å². The molecule has 0 amide bonds. The molecule has 18 heavy (non-hydrogen) atoms. The van der Waals surface area contributed by atoms with Gasteiger partial charge in [-0.25, -0.2) is 0 Å². The molecule has 4 heteroatoms. The second-order valence-corrected chi connectivity index (χ2v) is 4.98. The van der Waals surface area contributed by atoms with Crippen LogP contribution in [0.25, 0.3) is 0 Å². The maximum Gasteiger partial charge on any atom is 0.199 e. The van der Waals surface area contributed by atoms with Crippen LogP contribution >= 0.6 is 23.2 Å². The lowest BCUT2D eigenvalue weighted by atomic mass is 10.3. The van der Waals surface area contributed by atoms with E-state index < -0.39 is 0 Å². The summed E-state index contributed by atoms with van der Waals surface area (Å²) in [5.74, 6) is 0.621. The van der Waals surface area contributed by atoms with Crippen molar-refractivity contribution in [1.29, 1.82) is 0 Å². The van der Waals surface area contributed by atoms with E-state index in [0.29, 0.717) is 22.4 Å². The fraction of sp³-hybridized carbons (Fsp3) is 0.571. The van der Waals surface area contributed by atoms with Crippen LogP contribution in [0.5, 0.6) is 5.75 Å². The van der Waals surface area contributed by atoms with Gasteiger partial charge in [-0.05, 0) is 24.6 Å². The lowest BCUT2D eigenvalue weighted by Gasteiger charge is -2.19. The largest absolute Gasteiger partial charge is 0.463 e. The predicted molar refractivity (Wildman–Crippen MR) is 76.6 cm³/mol. The summed E-state index contributed by atoms with van der Waals surface area (Å²) in [5, 5.41) is 1.12. The van der Waals surface area contributed by atoms with E-state index in [2.05, 4.69) is 13.8 Å². The Balaban J connectivity index is 2.58. The van der Waals surface area contributed by atoms with Crippen LogP contribution in [0.15, 0.2) is 18.2 Å². The van der Waals surface area contributed by atoms with Crippen LogP contribution in [0.3, 0.4) is 0 Å². The van der Waals surface area contributed by atoms with Crippen LogP contribution in [-0.4, -0.2) is 12.9 Å². The van der Waals surface area contributed by atoms with Crippen molar-refractivity contribution in [2.24, 2.45) is 0 Å². The molecule has 0 saturated carbocycles. The molecule has 102 valence electrons. The zero-order chi connectivity index (χ0) is 13.4. The van der Waals surface area contributed by atoms with Crippen LogP contribution in [-0.2, 0) is 4.74 Å². The highest BCUT2D eigenvalue weighted by molar-refractivity contribution is 6.35. The van der Waals surface area contributed by atoms with Gasteiger partial charge in [0.15, 0.2) is 6.29 Å². The predicted octanol–water partition coefficient (Wildman–Crippen LogP) is 5.32. The third-order valence-corrected chi connectivity index (χ3v) is 3.01. The van der Waals surface area contributed by atoms with Crippen molar-refractivity contribution in [2.75, 3.05) is 6.61 Å². The quantitative estimate of drug-likeness (QED) is 0.477. The molecule has 0 spiro atoms. The Kier molecular flexibility index (Phi) is 7.48. The molecule has 0 aliphatic rings. The second kappa shape index (κ2) is 8.63. The number of ether oxygens (including phenoxy) is 2. The molecule has 0 fully saturated rings. The van der Waals surface area contributed by atoms with E-state index in [-0.39, 0.29) is 6.29 Å². The zero-order valence-corrected chi connectivity index (χ0v) is 12.4. The average Bonchev–Trinajstić information content (AvgIpc) is 2.33. The van der Waals surface area contributed by atoms with Gasteiger partial charge in [0.25, 0.3) is 0 Å². The summed E-state index contributed by atoms with van der Waals surface area (Å²) in [5.41, 5.74) is 0. The molecule has 0 heterocycles. The Hall–Kier alpha value is -0.440. The number of rotatable bonds is 8. The maximum atomic E-state index is 6.07. The summed E-state index contributed by atoms with van der Waals surface area (Å²) >= 11 is 11.9. The van der Waals surface area contributed by atoms with E-state index in [0.717, 1.165) is 25.7 Å². The summed E-state index contributed by atoms with van der Waals surface area (Å²) in [6, 6.07) is 5.21. The molecule has 0 aliphatic carbocycles. The summed E-state index contributed by atoms with van der Waals surface area (Å²) < 4.78 is 11.5. The van der Waals surface area contributed by atoms with Gasteiger partial charge in [0.2, 0.25) is 0 Å². The molecule has 0 aliphatic heterocycles. The summed E-state index contributed by atoms with van der Waals surface area (Å²) in [4.78, 5) is 0. The molecule has 1 atom stereocenters. The van der Waals surface area contributed by atoms with Crippen LogP contribution < -0.4 is 4.74 Å². The Bertz CT molecular complexity index is 356. The molecule has 0 radical (unpaired) electrons. The highest BCUT2D eigenvalue weighted by atomic mass is 35.5. The van der Waals surface area contributed by atoms with Crippen LogP contribution in [0.2, 0.25) is 10.0 Å². The Morgan fingerprint density at radius 1 is 1.17 bits per heavy atom. The highest BCUT2D eigenvalue weighted by Crippen LogP contribution is 2.29. The molecular formula is C14H20Cl2O2. The number of hydrogen-bond donors (Lipinski definition) is 0. The van der Waals surface area contributed by atoms with Crippen molar-refractivity contribution in [3.63, 3.8) is 0 Å². The van der Waals surface area contributed by atoms with E-state index in [4.69, 9.17) is 32.7 Å². The highest BCUT2D eigenvalue weighted by Gasteiger charge is 2.12. The molecule has 0 N–H and O–H groups in total. The minimum Gasteiger partial charge on any atom is -0.463 e. The zero-order valence-electron chi connectivity index (χ0n) is 10.9. The van der Waals surface area contributed by atoms with Gasteiger partial charge >= 0.3 is 0 Å². The topological polar surface area (TPSA) is 18.5 Å². The third-order valence-electron chi connectivity index (χ3n) is 2.48. The first kappa shape index (κ1) is 15.6. The summed E-state index contributed by atoms with van der Waals surface area (Å²) in [6.45, 7) is 4.95. The van der Waals surface area contributed by atoms with E-state index in [9.17, 15) is 0 Å². The summed E-state index contributed by atoms with van der Waals surface area (Å²) in [6.07, 6.45) is 3.77. The van der Waals surface area contributed by atoms with Crippen molar-refractivity contribution < 1.29 is 9.47 Å². The van der Waals surface area contributed by atoms with Crippen molar-refractivity contribution in [3.05, 3.63) is 28.2 Å². The van der Waals surface area contributed by atoms with Crippen LogP contribution in [0, 0.1) is 0 Å². The van der Waals surface area contributed by atoms with Crippen LogP contribution in [0.1, 0.15) is 39.5 Å². The van der Waals surface area contributed by atoms with Gasteiger partial charge in [-0.15, -0.1) is 0 Å². The molecule has 1 unspecified atom stereocenters. The van der Waals surface area contributed by atoms with Crippen LogP contribution in [0.4, 0.5) is 0 Å². The molecule has 0 bridgehead atoms. The lowest BCUT2D eigenvalue weighted by molar-refractivity contribution is -0.0853. The van der Waals surface area contributed by atoms with E-state index in [1.54, 1.807) is 18.2 Å². The number of halogens is 2. The standard InChI is InChI=1S/C14H20Cl2O2/c1-3-5-9-17-14(6-4-2)18-13-8-7-11(15)10-12(13)16/h7-8,10,14H,3-6,9H2,1-2H3. The number of unbranched alkanes of at least 4 members (excludes halogenated alkanes) is 1. The first-order valence-electron chi connectivity index (χ1n) is 6.40. The normalized spacial score (nSPS) is 12.4. The van der Waals surface area contributed by atoms with Gasteiger partial charge in [0, 0.05) is 11.4 Å². The minimum absolute atomic E-state index is 0.236. The summed E-state index contributed by atoms with van der Waals surface area (Å²) in [7, 11) is 0. The van der Waals surface area contributed by atoms with Gasteiger partial charge < -0.3 is 9.47 Å². The molecule has 1 aromatic rings. The van der Waals surface area contributed by atoms with Crippen molar-refractivity contribution >= 4 is 23.2 Å². The Morgan fingerprint density at radius 3 is 2.56 bits per heavy atom. The van der Waals surface area contributed by atoms with Crippen molar-refractivity contribution in [3.8, 4) is 5.75 Å². The van der Waals surface area contributed by atoms with Crippen molar-refractivity contribution in [2.45, 2.75) is 45.8 Å². The van der Waals surface area contributed by atoms with Gasteiger partial charge in [-0.2, -0.15) is 0 Å². The monoisotopic (exact) mass is 290 g/mol. The number of benzene rings is 1. The fourth-order valence-corrected chi connectivity index (χ4v) is 1.94. The second-order valence-electron chi connectivity index (χ2n) is 4.14. The molecular weight excluding hydrogens is 271 g/mol. The average molecular weight is 291 g/mol.